The molecule has 3 nitrogen and oxygen atoms in total. The molecule has 0 unspecified atom stereocenters. The van der Waals surface area contributed by atoms with Crippen molar-refractivity contribution in [3.8, 4) is 12.1 Å². The molecular formula is C12H8N2OS2. The molecule has 84 valence electrons. The van der Waals surface area contributed by atoms with Gasteiger partial charge in [0.2, 0.25) is 5.12 Å². The molecule has 0 spiro atoms. The van der Waals surface area contributed by atoms with Crippen LogP contribution in [0.25, 0.3) is 0 Å². The highest BCUT2D eigenvalue weighted by Gasteiger charge is 2.13. The Kier molecular flexibility index (Phi) is 5.35. The second-order valence-corrected chi connectivity index (χ2v) is 4.64. The van der Waals surface area contributed by atoms with Crippen LogP contribution in [-0.2, 0) is 0 Å². The van der Waals surface area contributed by atoms with Crippen molar-refractivity contribution in [2.24, 2.45) is 0 Å². The van der Waals surface area contributed by atoms with Gasteiger partial charge in [-0.05, 0) is 18.0 Å². The number of allylic oxidation sites excluding steroid dienone is 2. The number of hydrogen-bond acceptors (Lipinski definition) is 5. The van der Waals surface area contributed by atoms with Gasteiger partial charge in [0, 0.05) is 5.56 Å². The van der Waals surface area contributed by atoms with Crippen LogP contribution in [0.3, 0.4) is 0 Å². The molecule has 0 aliphatic carbocycles. The average molecular weight is 260 g/mol. The summed E-state index contributed by atoms with van der Waals surface area (Å²) in [7, 11) is 0. The summed E-state index contributed by atoms with van der Waals surface area (Å²) in [6, 6.07) is 12.5. The molecule has 0 saturated heterocycles. The Morgan fingerprint density at radius 3 is 2.18 bits per heavy atom. The lowest BCUT2D eigenvalue weighted by Crippen LogP contribution is -1.93. The Morgan fingerprint density at radius 2 is 1.71 bits per heavy atom. The molecule has 0 aromatic heterocycles. The van der Waals surface area contributed by atoms with Crippen molar-refractivity contribution in [1.82, 2.24) is 0 Å². The molecule has 17 heavy (non-hydrogen) atoms. The Morgan fingerprint density at radius 1 is 1.12 bits per heavy atom. The van der Waals surface area contributed by atoms with E-state index in [0.29, 0.717) is 5.56 Å². The molecule has 0 radical (unpaired) electrons. The fourth-order valence-corrected chi connectivity index (χ4v) is 2.36. The lowest BCUT2D eigenvalue weighted by Gasteiger charge is -2.00. The van der Waals surface area contributed by atoms with Crippen LogP contribution in [0.1, 0.15) is 10.4 Å². The van der Waals surface area contributed by atoms with E-state index in [1.165, 1.54) is 0 Å². The number of hydrogen-bond donors (Lipinski definition) is 0. The number of carbonyl (C=O) groups excluding carboxylic acids is 1. The van der Waals surface area contributed by atoms with Gasteiger partial charge < -0.3 is 0 Å². The van der Waals surface area contributed by atoms with Crippen LogP contribution in [0.5, 0.6) is 0 Å². The molecule has 0 heterocycles. The fraction of sp³-hybridized carbons (Fsp3) is 0.0833. The van der Waals surface area contributed by atoms with Gasteiger partial charge in [0.25, 0.3) is 0 Å². The summed E-state index contributed by atoms with van der Waals surface area (Å²) in [5, 5.41) is 17.5. The van der Waals surface area contributed by atoms with Crippen molar-refractivity contribution in [1.29, 1.82) is 10.5 Å². The Labute approximate surface area is 108 Å². The molecule has 5 heteroatoms. The zero-order valence-electron chi connectivity index (χ0n) is 9.01. The number of carbonyl (C=O) groups is 1. The van der Waals surface area contributed by atoms with Crippen LogP contribution in [0.4, 0.5) is 0 Å². The lowest BCUT2D eigenvalue weighted by atomic mass is 10.2. The molecule has 0 saturated carbocycles. The van der Waals surface area contributed by atoms with Gasteiger partial charge in [0.15, 0.2) is 0 Å². The molecule has 0 bridgehead atoms. The van der Waals surface area contributed by atoms with Gasteiger partial charge in [-0.1, -0.05) is 30.3 Å². The molecule has 1 aromatic rings. The van der Waals surface area contributed by atoms with Crippen LogP contribution in [0.15, 0.2) is 40.1 Å². The maximum Gasteiger partial charge on any atom is 0.224 e. The van der Waals surface area contributed by atoms with Gasteiger partial charge in [0.1, 0.15) is 21.9 Å². The van der Waals surface area contributed by atoms with Gasteiger partial charge in [-0.15, -0.1) is 11.8 Å². The lowest BCUT2D eigenvalue weighted by molar-refractivity contribution is 0.108. The minimum atomic E-state index is -0.232. The van der Waals surface area contributed by atoms with Crippen LogP contribution in [0, 0.1) is 22.7 Å². The first-order valence-corrected chi connectivity index (χ1v) is 6.62. The largest absolute Gasteiger partial charge is 0.281 e. The average Bonchev–Trinajstić information content (AvgIpc) is 2.39. The van der Waals surface area contributed by atoms with E-state index in [9.17, 15) is 4.79 Å². The topological polar surface area (TPSA) is 64.7 Å². The van der Waals surface area contributed by atoms with Crippen LogP contribution < -0.4 is 0 Å². The van der Waals surface area contributed by atoms with Crippen molar-refractivity contribution < 1.29 is 4.79 Å². The molecule has 0 aliphatic heterocycles. The number of nitrogens with zero attached hydrogens (tertiary/aromatic N) is 2. The van der Waals surface area contributed by atoms with Crippen molar-refractivity contribution in [2.45, 2.75) is 0 Å². The molecule has 0 fully saturated rings. The van der Waals surface area contributed by atoms with Gasteiger partial charge in [0.05, 0.1) is 0 Å². The molecule has 1 rings (SSSR count). The summed E-state index contributed by atoms with van der Waals surface area (Å²) in [5.41, 5.74) is 0.517. The Balaban J connectivity index is 2.93. The Hall–Kier alpha value is -1.69. The van der Waals surface area contributed by atoms with E-state index in [-0.39, 0.29) is 14.9 Å². The first-order chi connectivity index (χ1) is 8.22. The van der Waals surface area contributed by atoms with Crippen LogP contribution in [-0.4, -0.2) is 11.4 Å². The minimum Gasteiger partial charge on any atom is -0.281 e. The van der Waals surface area contributed by atoms with Crippen molar-refractivity contribution >= 4 is 28.6 Å². The summed E-state index contributed by atoms with van der Waals surface area (Å²) in [4.78, 5) is 12.2. The first kappa shape index (κ1) is 13.4. The van der Waals surface area contributed by atoms with Gasteiger partial charge in [-0.25, -0.2) is 0 Å². The summed E-state index contributed by atoms with van der Waals surface area (Å²) >= 11 is 1.95. The highest BCUT2D eigenvalue weighted by Crippen LogP contribution is 2.27. The summed E-state index contributed by atoms with van der Waals surface area (Å²) in [6.07, 6.45) is 1.70. The van der Waals surface area contributed by atoms with Gasteiger partial charge in [-0.2, -0.15) is 10.5 Å². The smallest absolute Gasteiger partial charge is 0.224 e. The number of benzene rings is 1. The van der Waals surface area contributed by atoms with E-state index in [4.69, 9.17) is 10.5 Å². The normalized spacial score (nSPS) is 11.0. The molecule has 1 aromatic carbocycles. The highest BCUT2D eigenvalue weighted by molar-refractivity contribution is 8.18. The standard InChI is InChI=1S/C12H8N2OS2/c1-16-10(7-13)11(8-14)17-12(15)9-5-3-2-4-6-9/h2-6H,1H3. The third-order valence-electron chi connectivity index (χ3n) is 1.82. The zero-order valence-corrected chi connectivity index (χ0v) is 10.6. The molecule has 0 N–H and O–H groups in total. The monoisotopic (exact) mass is 260 g/mol. The van der Waals surface area contributed by atoms with E-state index in [1.54, 1.807) is 30.5 Å². The second-order valence-electron chi connectivity index (χ2n) is 2.84. The van der Waals surface area contributed by atoms with Crippen molar-refractivity contribution in [3.63, 3.8) is 0 Å². The highest BCUT2D eigenvalue weighted by atomic mass is 32.2. The van der Waals surface area contributed by atoms with E-state index in [0.717, 1.165) is 23.5 Å². The van der Waals surface area contributed by atoms with E-state index in [2.05, 4.69) is 0 Å². The predicted octanol–water partition coefficient (Wildman–Crippen LogP) is 3.18. The van der Waals surface area contributed by atoms with Gasteiger partial charge >= 0.3 is 0 Å². The number of thioether (sulfide) groups is 2. The van der Waals surface area contributed by atoms with E-state index < -0.39 is 0 Å². The maximum absolute atomic E-state index is 11.8. The SMILES string of the molecule is CSC(C#N)=C(C#N)SC(=O)c1ccccc1. The first-order valence-electron chi connectivity index (χ1n) is 4.58. The summed E-state index contributed by atoms with van der Waals surface area (Å²) in [5.74, 6) is 0. The Bertz CT molecular complexity index is 524. The van der Waals surface area contributed by atoms with Crippen LogP contribution >= 0.6 is 23.5 Å². The number of rotatable bonds is 3. The zero-order chi connectivity index (χ0) is 12.7. The fourth-order valence-electron chi connectivity index (χ4n) is 1.03. The minimum absolute atomic E-state index is 0.147. The number of nitriles is 2. The second kappa shape index (κ2) is 6.80. The molecular weight excluding hydrogens is 252 g/mol. The van der Waals surface area contributed by atoms with Crippen LogP contribution in [0.2, 0.25) is 0 Å². The van der Waals surface area contributed by atoms with Gasteiger partial charge in [-0.3, -0.25) is 4.79 Å². The third kappa shape index (κ3) is 3.67. The molecule has 0 aliphatic rings. The third-order valence-corrected chi connectivity index (χ3v) is 3.57. The van der Waals surface area contributed by atoms with E-state index in [1.807, 2.05) is 18.2 Å². The quantitative estimate of drug-likeness (QED) is 0.781. The van der Waals surface area contributed by atoms with Crippen molar-refractivity contribution in [3.05, 3.63) is 45.7 Å². The van der Waals surface area contributed by atoms with E-state index >= 15 is 0 Å². The molecule has 0 atom stereocenters. The summed E-state index contributed by atoms with van der Waals surface area (Å²) in [6.45, 7) is 0. The van der Waals surface area contributed by atoms with Crippen molar-refractivity contribution in [2.75, 3.05) is 6.26 Å². The molecule has 0 amide bonds. The maximum atomic E-state index is 11.8. The summed E-state index contributed by atoms with van der Waals surface area (Å²) < 4.78 is 0. The predicted molar refractivity (Wildman–Crippen MR) is 70.1 cm³/mol.